The SMILES string of the molecule is CC(=O)CC(=O)[O-].CC(=O)CC(=O)[O-].CCC(C(C)=O)C(=O)[O-].CCC(C(C)=O)C(=O)[O-].OCCCO.OCCCO.[Ti+4]. The maximum atomic E-state index is 10.4. The van der Waals surface area contributed by atoms with E-state index in [0.717, 1.165) is 0 Å². The number of carbonyl (C=O) groups excluding carboxylic acids is 8. The fourth-order valence-electron chi connectivity index (χ4n) is 1.79. The molecule has 16 nitrogen and oxygen atoms in total. The molecule has 0 aliphatic carbocycles. The minimum atomic E-state index is -1.31. The van der Waals surface area contributed by atoms with Crippen molar-refractivity contribution in [2.75, 3.05) is 26.4 Å². The first-order chi connectivity index (χ1) is 19.3. The van der Waals surface area contributed by atoms with Gasteiger partial charge in [0.05, 0.1) is 23.8 Å². The Bertz CT molecular complexity index is 663. The zero-order valence-corrected chi connectivity index (χ0v) is 27.0. The van der Waals surface area contributed by atoms with Gasteiger partial charge in [0.2, 0.25) is 0 Å². The molecule has 0 saturated heterocycles. The van der Waals surface area contributed by atoms with E-state index in [9.17, 15) is 58.8 Å². The van der Waals surface area contributed by atoms with E-state index >= 15 is 0 Å². The Labute approximate surface area is 266 Å². The number of rotatable bonds is 14. The molecule has 0 fully saturated rings. The van der Waals surface area contributed by atoms with Gasteiger partial charge in [-0.1, -0.05) is 13.8 Å². The third-order valence-corrected chi connectivity index (χ3v) is 3.79. The Balaban J connectivity index is -0.0000000730. The van der Waals surface area contributed by atoms with Crippen LogP contribution >= 0.6 is 0 Å². The van der Waals surface area contributed by atoms with Gasteiger partial charge in [-0.25, -0.2) is 0 Å². The summed E-state index contributed by atoms with van der Waals surface area (Å²) in [6, 6.07) is 0. The van der Waals surface area contributed by atoms with Gasteiger partial charge in [-0.3, -0.25) is 19.2 Å². The number of hydrogen-bond acceptors (Lipinski definition) is 16. The van der Waals surface area contributed by atoms with Gasteiger partial charge in [0.15, 0.2) is 0 Å². The molecule has 0 radical (unpaired) electrons. The van der Waals surface area contributed by atoms with E-state index in [4.69, 9.17) is 20.4 Å². The average Bonchev–Trinajstić information content (AvgIpc) is 2.80. The van der Waals surface area contributed by atoms with Gasteiger partial charge in [0.1, 0.15) is 23.1 Å². The summed E-state index contributed by atoms with van der Waals surface area (Å²) in [6.07, 6.45) is 0.690. The number of aliphatic hydroxyl groups is 4. The van der Waals surface area contributed by atoms with Crippen molar-refractivity contribution in [3.63, 3.8) is 0 Å². The van der Waals surface area contributed by atoms with Crippen LogP contribution < -0.4 is 20.4 Å². The minimum Gasteiger partial charge on any atom is -0.550 e. The first kappa shape index (κ1) is 56.0. The van der Waals surface area contributed by atoms with Gasteiger partial charge in [-0.15, -0.1) is 0 Å². The van der Waals surface area contributed by atoms with Crippen molar-refractivity contribution in [2.24, 2.45) is 11.8 Å². The van der Waals surface area contributed by atoms with E-state index in [1.807, 2.05) is 0 Å². The third kappa shape index (κ3) is 63.6. The van der Waals surface area contributed by atoms with Crippen molar-refractivity contribution in [2.45, 2.75) is 80.1 Å². The van der Waals surface area contributed by atoms with Crippen LogP contribution in [0.4, 0.5) is 0 Å². The first-order valence-electron chi connectivity index (χ1n) is 12.5. The van der Waals surface area contributed by atoms with Crippen LogP contribution in [0.2, 0.25) is 0 Å². The number of ketones is 4. The number of carboxylic acid groups (broad SMARTS) is 4. The fraction of sp³-hybridized carbons (Fsp3) is 0.692. The number of carbonyl (C=O) groups is 8. The largest absolute Gasteiger partial charge is 4.00 e. The maximum absolute atomic E-state index is 10.4. The molecule has 0 heterocycles. The van der Waals surface area contributed by atoms with Crippen LogP contribution in [0.15, 0.2) is 0 Å². The Morgan fingerprint density at radius 2 is 0.721 bits per heavy atom. The molecule has 0 spiro atoms. The summed E-state index contributed by atoms with van der Waals surface area (Å²) < 4.78 is 0. The molecule has 0 aromatic heterocycles. The summed E-state index contributed by atoms with van der Waals surface area (Å²) in [6.45, 7) is 8.57. The molecule has 0 aromatic rings. The maximum Gasteiger partial charge on any atom is 4.00 e. The molecule has 0 saturated carbocycles. The smallest absolute Gasteiger partial charge is 0.550 e. The van der Waals surface area contributed by atoms with Gasteiger partial charge >= 0.3 is 21.7 Å². The molecule has 248 valence electrons. The van der Waals surface area contributed by atoms with Crippen molar-refractivity contribution < 1.29 is 101 Å². The Kier molecular flexibility index (Phi) is 53.7. The predicted molar refractivity (Wildman–Crippen MR) is 137 cm³/mol. The molecule has 0 rings (SSSR count). The zero-order valence-electron chi connectivity index (χ0n) is 25.4. The van der Waals surface area contributed by atoms with E-state index in [1.165, 1.54) is 27.7 Å². The number of hydrogen-bond donors (Lipinski definition) is 4. The van der Waals surface area contributed by atoms with Crippen molar-refractivity contribution in [3.05, 3.63) is 0 Å². The van der Waals surface area contributed by atoms with Crippen LogP contribution in [-0.4, -0.2) is 93.9 Å². The zero-order chi connectivity index (χ0) is 34.8. The minimum absolute atomic E-state index is 0. The second kappa shape index (κ2) is 41.3. The van der Waals surface area contributed by atoms with Crippen LogP contribution in [0, 0.1) is 11.8 Å². The van der Waals surface area contributed by atoms with Crippen molar-refractivity contribution in [3.8, 4) is 0 Å². The van der Waals surface area contributed by atoms with Crippen LogP contribution in [0.1, 0.15) is 80.1 Å². The number of Topliss-reactive ketones (excluding diaryl/α,β-unsaturated/α-hetero) is 4. The molecule has 4 N–H and O–H groups in total. The second-order valence-corrected chi connectivity index (χ2v) is 7.88. The molecule has 2 atom stereocenters. The van der Waals surface area contributed by atoms with Gasteiger partial charge in [-0.05, 0) is 53.4 Å². The van der Waals surface area contributed by atoms with Gasteiger partial charge in [-0.2, -0.15) is 0 Å². The monoisotopic (exact) mass is 660 g/mol. The van der Waals surface area contributed by atoms with E-state index in [0.29, 0.717) is 25.7 Å². The fourth-order valence-corrected chi connectivity index (χ4v) is 1.79. The molecule has 43 heavy (non-hydrogen) atoms. The van der Waals surface area contributed by atoms with Crippen LogP contribution in [0.3, 0.4) is 0 Å². The quantitative estimate of drug-likeness (QED) is 0.0999. The molecule has 2 unspecified atom stereocenters. The summed E-state index contributed by atoms with van der Waals surface area (Å²) in [5.41, 5.74) is 0. The Morgan fingerprint density at radius 3 is 0.721 bits per heavy atom. The van der Waals surface area contributed by atoms with E-state index in [2.05, 4.69) is 0 Å². The summed E-state index contributed by atoms with van der Waals surface area (Å²) in [5, 5.41) is 70.7. The number of aliphatic hydroxyl groups excluding tert-OH is 4. The van der Waals surface area contributed by atoms with Gasteiger partial charge in [0, 0.05) is 51.2 Å². The van der Waals surface area contributed by atoms with E-state index in [1.54, 1.807) is 13.8 Å². The van der Waals surface area contributed by atoms with E-state index in [-0.39, 0.29) is 71.3 Å². The molecular formula is C26H44O16Ti. The normalized spacial score (nSPS) is 9.91. The molecule has 0 aliphatic rings. The second-order valence-electron chi connectivity index (χ2n) is 7.88. The molecule has 0 bridgehead atoms. The summed E-state index contributed by atoms with van der Waals surface area (Å²) >= 11 is 0. The molecule has 0 aliphatic heterocycles. The molecule has 0 amide bonds. The van der Waals surface area contributed by atoms with Gasteiger partial charge < -0.3 is 60.0 Å². The Hall–Kier alpha value is -2.89. The van der Waals surface area contributed by atoms with Gasteiger partial charge in [0.25, 0.3) is 0 Å². The first-order valence-corrected chi connectivity index (χ1v) is 12.5. The number of carboxylic acids is 4. The predicted octanol–water partition coefficient (Wildman–Crippen LogP) is -5.15. The van der Waals surface area contributed by atoms with Crippen LogP contribution in [-0.2, 0) is 60.1 Å². The summed E-state index contributed by atoms with van der Waals surface area (Å²) in [7, 11) is 0. The molecular weight excluding hydrogens is 616 g/mol. The van der Waals surface area contributed by atoms with Crippen molar-refractivity contribution in [1.82, 2.24) is 0 Å². The standard InChI is InChI=1S/2C6H10O3.2C4H6O3.2C3H8O2.Ti/c2*1-3-5(4(2)7)6(8)9;2*1-3(5)2-4(6)7;2*4-2-1-3-5;/h2*5H,3H2,1-2H3,(H,8,9);2*2H2,1H3,(H,6,7);2*4-5H,1-3H2;/q;;;;;;+4/p-4. The average molecular weight is 660 g/mol. The molecule has 17 heteroatoms. The summed E-state index contributed by atoms with van der Waals surface area (Å²) in [5.74, 6) is -8.42. The third-order valence-electron chi connectivity index (χ3n) is 3.79. The van der Waals surface area contributed by atoms with Crippen LogP contribution in [0.5, 0.6) is 0 Å². The van der Waals surface area contributed by atoms with Crippen molar-refractivity contribution in [1.29, 1.82) is 0 Å². The van der Waals surface area contributed by atoms with Crippen molar-refractivity contribution >= 4 is 47.0 Å². The van der Waals surface area contributed by atoms with Crippen LogP contribution in [0.25, 0.3) is 0 Å². The Morgan fingerprint density at radius 1 is 0.512 bits per heavy atom. The topological polar surface area (TPSA) is 310 Å². The number of aliphatic carboxylic acids is 4. The summed E-state index contributed by atoms with van der Waals surface area (Å²) in [4.78, 5) is 79.5. The van der Waals surface area contributed by atoms with E-state index < -0.39 is 48.6 Å². The molecule has 0 aromatic carbocycles.